The van der Waals surface area contributed by atoms with Crippen molar-refractivity contribution in [1.82, 2.24) is 15.2 Å². The van der Waals surface area contributed by atoms with Crippen LogP contribution < -0.4 is 5.32 Å². The zero-order valence-electron chi connectivity index (χ0n) is 14.1. The number of pyridine rings is 1. The number of hydrogen-bond donors (Lipinski definition) is 1. The van der Waals surface area contributed by atoms with Gasteiger partial charge >= 0.3 is 0 Å². The van der Waals surface area contributed by atoms with E-state index in [0.717, 1.165) is 38.1 Å². The number of piperazine rings is 1. The van der Waals surface area contributed by atoms with Crippen molar-refractivity contribution in [1.29, 1.82) is 0 Å². The Bertz CT molecular complexity index is 650. The summed E-state index contributed by atoms with van der Waals surface area (Å²) < 4.78 is 0. The summed E-state index contributed by atoms with van der Waals surface area (Å²) >= 11 is 6.58. The van der Waals surface area contributed by atoms with Crippen molar-refractivity contribution in [3.8, 4) is 0 Å². The standard InChI is InChI=1S/C19H26ClN3/c1-14(2)7-8-18(23-11-9-21-10-12-23)16-13-15-5-3-4-6-17(15)22-19(16)20/h3-6,13-14,18,21H,7-12H2,1-2H3/t18-/m1/s1. The van der Waals surface area contributed by atoms with Crippen molar-refractivity contribution in [3.05, 3.63) is 41.0 Å². The molecule has 0 bridgehead atoms. The Balaban J connectivity index is 1.95. The second-order valence-electron chi connectivity index (χ2n) is 6.83. The fraction of sp³-hybridized carbons (Fsp3) is 0.526. The van der Waals surface area contributed by atoms with Crippen LogP contribution in [0.5, 0.6) is 0 Å². The Morgan fingerprint density at radius 2 is 1.91 bits per heavy atom. The molecule has 1 aromatic heterocycles. The molecule has 0 aliphatic carbocycles. The number of hydrogen-bond acceptors (Lipinski definition) is 3. The smallest absolute Gasteiger partial charge is 0.134 e. The molecule has 1 atom stereocenters. The molecule has 0 unspecified atom stereocenters. The first-order valence-corrected chi connectivity index (χ1v) is 9.03. The molecule has 1 aliphatic heterocycles. The molecule has 0 amide bonds. The van der Waals surface area contributed by atoms with Gasteiger partial charge < -0.3 is 5.32 Å². The molecule has 23 heavy (non-hydrogen) atoms. The molecule has 124 valence electrons. The van der Waals surface area contributed by atoms with Gasteiger partial charge in [0.05, 0.1) is 5.52 Å². The molecule has 3 rings (SSSR count). The van der Waals surface area contributed by atoms with Gasteiger partial charge in [0.15, 0.2) is 0 Å². The number of benzene rings is 1. The van der Waals surface area contributed by atoms with E-state index in [9.17, 15) is 0 Å². The highest BCUT2D eigenvalue weighted by molar-refractivity contribution is 6.30. The third-order valence-electron chi connectivity index (χ3n) is 4.67. The van der Waals surface area contributed by atoms with E-state index in [1.165, 1.54) is 17.4 Å². The molecular weight excluding hydrogens is 306 g/mol. The third-order valence-corrected chi connectivity index (χ3v) is 4.98. The van der Waals surface area contributed by atoms with E-state index < -0.39 is 0 Å². The van der Waals surface area contributed by atoms with Crippen LogP contribution in [0.15, 0.2) is 30.3 Å². The highest BCUT2D eigenvalue weighted by Gasteiger charge is 2.25. The van der Waals surface area contributed by atoms with Crippen molar-refractivity contribution in [2.45, 2.75) is 32.7 Å². The molecule has 1 N–H and O–H groups in total. The Hall–Kier alpha value is -1.16. The first kappa shape index (κ1) is 16.7. The van der Waals surface area contributed by atoms with Crippen LogP contribution in [-0.2, 0) is 0 Å². The van der Waals surface area contributed by atoms with Gasteiger partial charge in [-0.1, -0.05) is 43.6 Å². The number of halogens is 1. The van der Waals surface area contributed by atoms with E-state index in [1.54, 1.807) is 0 Å². The van der Waals surface area contributed by atoms with Crippen molar-refractivity contribution in [2.24, 2.45) is 5.92 Å². The lowest BCUT2D eigenvalue weighted by molar-refractivity contribution is 0.159. The maximum atomic E-state index is 6.58. The third kappa shape index (κ3) is 4.03. The monoisotopic (exact) mass is 331 g/mol. The number of fused-ring (bicyclic) bond motifs is 1. The SMILES string of the molecule is CC(C)CC[C@H](c1cc2ccccc2nc1Cl)N1CCNCC1. The maximum absolute atomic E-state index is 6.58. The van der Waals surface area contributed by atoms with E-state index in [1.807, 2.05) is 12.1 Å². The molecular formula is C19H26ClN3. The Kier molecular flexibility index (Phi) is 5.52. The predicted molar refractivity (Wildman–Crippen MR) is 98.0 cm³/mol. The van der Waals surface area contributed by atoms with Gasteiger partial charge in [0, 0.05) is 43.2 Å². The van der Waals surface area contributed by atoms with Crippen molar-refractivity contribution in [2.75, 3.05) is 26.2 Å². The quantitative estimate of drug-likeness (QED) is 0.829. The van der Waals surface area contributed by atoms with E-state index in [-0.39, 0.29) is 0 Å². The molecule has 2 aromatic rings. The predicted octanol–water partition coefficient (Wildman–Crippen LogP) is 4.27. The van der Waals surface area contributed by atoms with Crippen molar-refractivity contribution < 1.29 is 0 Å². The van der Waals surface area contributed by atoms with Crippen LogP contribution in [0.2, 0.25) is 5.15 Å². The van der Waals surface area contributed by atoms with Crippen molar-refractivity contribution in [3.63, 3.8) is 0 Å². The summed E-state index contributed by atoms with van der Waals surface area (Å²) in [5.74, 6) is 0.701. The number of nitrogens with zero attached hydrogens (tertiary/aromatic N) is 2. The minimum atomic E-state index is 0.365. The fourth-order valence-corrected chi connectivity index (χ4v) is 3.63. The first-order valence-electron chi connectivity index (χ1n) is 8.65. The molecule has 0 saturated carbocycles. The maximum Gasteiger partial charge on any atom is 0.134 e. The van der Waals surface area contributed by atoms with Crippen LogP contribution in [0, 0.1) is 5.92 Å². The number of para-hydroxylation sites is 1. The van der Waals surface area contributed by atoms with E-state index in [2.05, 4.69) is 47.2 Å². The zero-order valence-corrected chi connectivity index (χ0v) is 14.8. The Morgan fingerprint density at radius 3 is 2.65 bits per heavy atom. The molecule has 1 aromatic carbocycles. The average molecular weight is 332 g/mol. The summed E-state index contributed by atoms with van der Waals surface area (Å²) in [5.41, 5.74) is 2.16. The minimum absolute atomic E-state index is 0.365. The highest BCUT2D eigenvalue weighted by atomic mass is 35.5. The van der Waals surface area contributed by atoms with Crippen LogP contribution in [0.1, 0.15) is 38.3 Å². The summed E-state index contributed by atoms with van der Waals surface area (Å²) in [6.45, 7) is 8.83. The van der Waals surface area contributed by atoms with Crippen LogP contribution in [0.25, 0.3) is 10.9 Å². The summed E-state index contributed by atoms with van der Waals surface area (Å²) in [4.78, 5) is 7.21. The van der Waals surface area contributed by atoms with Crippen LogP contribution in [-0.4, -0.2) is 36.1 Å². The molecule has 1 saturated heterocycles. The second-order valence-corrected chi connectivity index (χ2v) is 7.19. The van der Waals surface area contributed by atoms with Gasteiger partial charge in [-0.2, -0.15) is 0 Å². The molecule has 4 heteroatoms. The van der Waals surface area contributed by atoms with Gasteiger partial charge in [0.2, 0.25) is 0 Å². The molecule has 2 heterocycles. The summed E-state index contributed by atoms with van der Waals surface area (Å²) in [5, 5.41) is 5.28. The van der Waals surface area contributed by atoms with E-state index in [0.29, 0.717) is 17.1 Å². The van der Waals surface area contributed by atoms with Gasteiger partial charge in [-0.15, -0.1) is 0 Å². The summed E-state index contributed by atoms with van der Waals surface area (Å²) in [7, 11) is 0. The van der Waals surface area contributed by atoms with Crippen molar-refractivity contribution >= 4 is 22.5 Å². The van der Waals surface area contributed by atoms with Gasteiger partial charge in [-0.05, 0) is 30.9 Å². The first-order chi connectivity index (χ1) is 11.1. The zero-order chi connectivity index (χ0) is 16.2. The lowest BCUT2D eigenvalue weighted by atomic mass is 9.96. The number of rotatable bonds is 5. The highest BCUT2D eigenvalue weighted by Crippen LogP contribution is 2.33. The Labute approximate surface area is 144 Å². The lowest BCUT2D eigenvalue weighted by Crippen LogP contribution is -2.45. The van der Waals surface area contributed by atoms with Gasteiger partial charge in [-0.3, -0.25) is 4.90 Å². The normalized spacial score (nSPS) is 17.7. The van der Waals surface area contributed by atoms with Crippen LogP contribution >= 0.6 is 11.6 Å². The summed E-state index contributed by atoms with van der Waals surface area (Å²) in [6.07, 6.45) is 2.34. The van der Waals surface area contributed by atoms with E-state index in [4.69, 9.17) is 11.6 Å². The Morgan fingerprint density at radius 1 is 1.17 bits per heavy atom. The van der Waals surface area contributed by atoms with Crippen LogP contribution in [0.3, 0.4) is 0 Å². The molecule has 1 fully saturated rings. The van der Waals surface area contributed by atoms with Gasteiger partial charge in [0.25, 0.3) is 0 Å². The average Bonchev–Trinajstić information content (AvgIpc) is 2.56. The second kappa shape index (κ2) is 7.61. The largest absolute Gasteiger partial charge is 0.314 e. The molecule has 3 nitrogen and oxygen atoms in total. The van der Waals surface area contributed by atoms with Gasteiger partial charge in [0.1, 0.15) is 5.15 Å². The molecule has 0 radical (unpaired) electrons. The number of nitrogens with one attached hydrogen (secondary N) is 1. The molecule has 0 spiro atoms. The minimum Gasteiger partial charge on any atom is -0.314 e. The fourth-order valence-electron chi connectivity index (χ4n) is 3.36. The number of aromatic nitrogens is 1. The topological polar surface area (TPSA) is 28.2 Å². The van der Waals surface area contributed by atoms with E-state index >= 15 is 0 Å². The molecule has 1 aliphatic rings. The lowest BCUT2D eigenvalue weighted by Gasteiger charge is -2.36. The van der Waals surface area contributed by atoms with Crippen LogP contribution in [0.4, 0.5) is 0 Å². The van der Waals surface area contributed by atoms with Gasteiger partial charge in [-0.25, -0.2) is 4.98 Å². The summed E-state index contributed by atoms with van der Waals surface area (Å²) in [6, 6.07) is 10.8.